The molecule has 0 aromatic carbocycles. The van der Waals surface area contributed by atoms with E-state index in [1.54, 1.807) is 11.9 Å². The second-order valence-electron chi connectivity index (χ2n) is 5.45. The first-order valence-electron chi connectivity index (χ1n) is 6.96. The summed E-state index contributed by atoms with van der Waals surface area (Å²) in [5, 5.41) is 6.55. The number of thiocarbonyl (C=S) groups is 1. The molecule has 1 amide bonds. The van der Waals surface area contributed by atoms with Crippen LogP contribution in [0.5, 0.6) is 0 Å². The summed E-state index contributed by atoms with van der Waals surface area (Å²) in [6.07, 6.45) is 7.22. The Kier molecular flexibility index (Phi) is 4.69. The van der Waals surface area contributed by atoms with Crippen molar-refractivity contribution in [3.8, 4) is 0 Å². The Labute approximate surface area is 124 Å². The Balaban J connectivity index is 2.15. The van der Waals surface area contributed by atoms with Gasteiger partial charge in [-0.05, 0) is 12.8 Å². The van der Waals surface area contributed by atoms with Crippen molar-refractivity contribution in [3.63, 3.8) is 0 Å². The molecule has 1 saturated carbocycles. The number of rotatable bonds is 4. The van der Waals surface area contributed by atoms with E-state index in [2.05, 4.69) is 15.2 Å². The number of aromatic amines is 1. The van der Waals surface area contributed by atoms with Crippen LogP contribution in [-0.4, -0.2) is 38.0 Å². The van der Waals surface area contributed by atoms with Gasteiger partial charge in [-0.3, -0.25) is 9.89 Å². The quantitative estimate of drug-likeness (QED) is 0.647. The lowest BCUT2D eigenvalue weighted by atomic mass is 9.79. The minimum atomic E-state index is -0.680. The highest BCUT2D eigenvalue weighted by atomic mass is 32.1. The fraction of sp³-hybridized carbons (Fsp3) is 0.692. The number of hydrogen-bond acceptors (Lipinski definition) is 4. The van der Waals surface area contributed by atoms with E-state index < -0.39 is 5.41 Å². The topological polar surface area (TPSA) is 87.9 Å². The summed E-state index contributed by atoms with van der Waals surface area (Å²) in [5.74, 6) is 0.663. The lowest BCUT2D eigenvalue weighted by molar-refractivity contribution is -0.138. The molecule has 1 aromatic heterocycles. The molecule has 1 aliphatic rings. The molecule has 0 bridgehead atoms. The molecule has 7 heteroatoms. The molecule has 1 heterocycles. The van der Waals surface area contributed by atoms with Gasteiger partial charge in [0.15, 0.2) is 0 Å². The Morgan fingerprint density at radius 2 is 2.10 bits per heavy atom. The van der Waals surface area contributed by atoms with Crippen molar-refractivity contribution < 1.29 is 4.79 Å². The van der Waals surface area contributed by atoms with E-state index in [0.29, 0.717) is 17.4 Å². The number of carbonyl (C=O) groups excluding carboxylic acids is 1. The van der Waals surface area contributed by atoms with Crippen LogP contribution in [0.25, 0.3) is 0 Å². The number of aromatic nitrogens is 3. The van der Waals surface area contributed by atoms with E-state index in [-0.39, 0.29) is 5.91 Å². The number of hydrogen-bond donors (Lipinski definition) is 2. The average Bonchev–Trinajstić information content (AvgIpc) is 2.79. The molecule has 0 radical (unpaired) electrons. The molecule has 0 saturated heterocycles. The normalized spacial score (nSPS) is 18.2. The molecule has 110 valence electrons. The number of carbonyl (C=O) groups is 1. The Hall–Kier alpha value is -1.50. The number of nitrogens with one attached hydrogen (secondary N) is 1. The van der Waals surface area contributed by atoms with Crippen LogP contribution in [0.3, 0.4) is 0 Å². The van der Waals surface area contributed by atoms with E-state index in [1.165, 1.54) is 6.33 Å². The number of amides is 1. The van der Waals surface area contributed by atoms with Crippen molar-refractivity contribution in [1.29, 1.82) is 0 Å². The maximum absolute atomic E-state index is 12.8. The summed E-state index contributed by atoms with van der Waals surface area (Å²) >= 11 is 5.23. The van der Waals surface area contributed by atoms with Gasteiger partial charge in [-0.1, -0.05) is 37.9 Å². The first-order valence-corrected chi connectivity index (χ1v) is 7.37. The van der Waals surface area contributed by atoms with E-state index >= 15 is 0 Å². The Morgan fingerprint density at radius 1 is 1.45 bits per heavy atom. The molecular formula is C13H21N5OS. The zero-order valence-corrected chi connectivity index (χ0v) is 12.6. The highest BCUT2D eigenvalue weighted by Gasteiger charge is 2.43. The summed E-state index contributed by atoms with van der Waals surface area (Å²) < 4.78 is 0. The second kappa shape index (κ2) is 6.30. The zero-order chi connectivity index (χ0) is 14.6. The third-order valence-corrected chi connectivity index (χ3v) is 4.43. The lowest BCUT2D eigenvalue weighted by Crippen LogP contribution is -2.49. The van der Waals surface area contributed by atoms with Crippen LogP contribution in [0.1, 0.15) is 44.3 Å². The summed E-state index contributed by atoms with van der Waals surface area (Å²) in [5.41, 5.74) is 5.25. The van der Waals surface area contributed by atoms with Crippen LogP contribution in [-0.2, 0) is 11.3 Å². The number of nitrogens with two attached hydrogens (primary N) is 1. The van der Waals surface area contributed by atoms with Crippen molar-refractivity contribution in [3.05, 3.63) is 12.2 Å². The molecule has 2 rings (SSSR count). The zero-order valence-electron chi connectivity index (χ0n) is 11.8. The van der Waals surface area contributed by atoms with Crippen molar-refractivity contribution in [2.75, 3.05) is 7.05 Å². The number of H-pyrrole nitrogens is 1. The first-order chi connectivity index (χ1) is 9.56. The van der Waals surface area contributed by atoms with Gasteiger partial charge < -0.3 is 10.6 Å². The van der Waals surface area contributed by atoms with E-state index in [9.17, 15) is 4.79 Å². The van der Waals surface area contributed by atoms with Crippen LogP contribution in [0.15, 0.2) is 6.33 Å². The van der Waals surface area contributed by atoms with Crippen LogP contribution in [0, 0.1) is 5.41 Å². The minimum absolute atomic E-state index is 0.00306. The van der Waals surface area contributed by atoms with Gasteiger partial charge in [-0.25, -0.2) is 4.98 Å². The fourth-order valence-corrected chi connectivity index (χ4v) is 3.16. The SMILES string of the molecule is CN(Cc1ncn[nH]1)C(=O)C1(C(N)=S)CCCCCC1. The molecule has 1 aromatic rings. The van der Waals surface area contributed by atoms with Gasteiger partial charge in [0.1, 0.15) is 12.2 Å². The summed E-state index contributed by atoms with van der Waals surface area (Å²) in [4.78, 5) is 18.9. The van der Waals surface area contributed by atoms with Gasteiger partial charge in [-0.2, -0.15) is 5.10 Å². The third kappa shape index (κ3) is 2.98. The molecule has 1 fully saturated rings. The largest absolute Gasteiger partial charge is 0.392 e. The number of nitrogens with zero attached hydrogens (tertiary/aromatic N) is 3. The molecular weight excluding hydrogens is 274 g/mol. The molecule has 20 heavy (non-hydrogen) atoms. The molecule has 0 atom stereocenters. The first kappa shape index (κ1) is 14.9. The van der Waals surface area contributed by atoms with E-state index in [1.807, 2.05) is 0 Å². The molecule has 6 nitrogen and oxygen atoms in total. The lowest BCUT2D eigenvalue weighted by Gasteiger charge is -2.34. The van der Waals surface area contributed by atoms with Crippen LogP contribution >= 0.6 is 12.2 Å². The summed E-state index contributed by atoms with van der Waals surface area (Å²) in [6.45, 7) is 0.392. The van der Waals surface area contributed by atoms with Crippen molar-refractivity contribution in [2.45, 2.75) is 45.1 Å². The summed E-state index contributed by atoms with van der Waals surface area (Å²) in [7, 11) is 1.76. The predicted molar refractivity (Wildman–Crippen MR) is 79.8 cm³/mol. The monoisotopic (exact) mass is 295 g/mol. The third-order valence-electron chi connectivity index (χ3n) is 4.04. The van der Waals surface area contributed by atoms with Crippen molar-refractivity contribution in [1.82, 2.24) is 20.1 Å². The second-order valence-corrected chi connectivity index (χ2v) is 5.89. The predicted octanol–water partition coefficient (Wildman–Crippen LogP) is 1.39. The molecule has 3 N–H and O–H groups in total. The molecule has 0 aliphatic heterocycles. The minimum Gasteiger partial charge on any atom is -0.392 e. The van der Waals surface area contributed by atoms with Gasteiger partial charge in [-0.15, -0.1) is 0 Å². The van der Waals surface area contributed by atoms with Crippen molar-refractivity contribution >= 4 is 23.1 Å². The fourth-order valence-electron chi connectivity index (χ4n) is 2.87. The van der Waals surface area contributed by atoms with Gasteiger partial charge in [0.2, 0.25) is 5.91 Å². The molecule has 1 aliphatic carbocycles. The van der Waals surface area contributed by atoms with Crippen molar-refractivity contribution in [2.24, 2.45) is 11.1 Å². The maximum atomic E-state index is 12.8. The standard InChI is InChI=1S/C13H21N5OS/c1-18(8-10-15-9-16-17-10)12(19)13(11(14)20)6-4-2-3-5-7-13/h9H,2-8H2,1H3,(H2,14,20)(H,15,16,17). The van der Waals surface area contributed by atoms with Crippen LogP contribution in [0.4, 0.5) is 0 Å². The Morgan fingerprint density at radius 3 is 2.60 bits per heavy atom. The van der Waals surface area contributed by atoms with E-state index in [4.69, 9.17) is 18.0 Å². The highest BCUT2D eigenvalue weighted by molar-refractivity contribution is 7.80. The molecule has 0 unspecified atom stereocenters. The summed E-state index contributed by atoms with van der Waals surface area (Å²) in [6, 6.07) is 0. The van der Waals surface area contributed by atoms with Crippen LogP contribution in [0.2, 0.25) is 0 Å². The van der Waals surface area contributed by atoms with Gasteiger partial charge in [0.05, 0.1) is 16.9 Å². The van der Waals surface area contributed by atoms with Crippen LogP contribution < -0.4 is 5.73 Å². The Bertz CT molecular complexity index is 465. The van der Waals surface area contributed by atoms with Gasteiger partial charge >= 0.3 is 0 Å². The van der Waals surface area contributed by atoms with Gasteiger partial charge in [0.25, 0.3) is 0 Å². The van der Waals surface area contributed by atoms with Gasteiger partial charge in [0, 0.05) is 7.05 Å². The highest BCUT2D eigenvalue weighted by Crippen LogP contribution is 2.37. The van der Waals surface area contributed by atoms with E-state index in [0.717, 1.165) is 38.5 Å². The maximum Gasteiger partial charge on any atom is 0.235 e. The average molecular weight is 295 g/mol. The molecule has 0 spiro atoms. The smallest absolute Gasteiger partial charge is 0.235 e.